The van der Waals surface area contributed by atoms with Gasteiger partial charge in [0, 0.05) is 4.88 Å². The van der Waals surface area contributed by atoms with Gasteiger partial charge < -0.3 is 10.5 Å². The fourth-order valence-electron chi connectivity index (χ4n) is 1.33. The highest BCUT2D eigenvalue weighted by molar-refractivity contribution is 7.16. The summed E-state index contributed by atoms with van der Waals surface area (Å²) in [7, 11) is 0. The minimum Gasteiger partial charge on any atom is -0.492 e. The molecule has 0 amide bonds. The summed E-state index contributed by atoms with van der Waals surface area (Å²) in [4.78, 5) is 0.970. The van der Waals surface area contributed by atoms with Gasteiger partial charge >= 0.3 is 0 Å². The Balaban J connectivity index is 1.92. The fourth-order valence-corrected chi connectivity index (χ4v) is 2.37. The van der Waals surface area contributed by atoms with Crippen molar-refractivity contribution in [2.75, 3.05) is 6.61 Å². The first-order valence-electron chi connectivity index (χ1n) is 5.04. The van der Waals surface area contributed by atoms with Crippen molar-refractivity contribution >= 4 is 22.9 Å². The van der Waals surface area contributed by atoms with E-state index in [0.717, 1.165) is 4.88 Å². The van der Waals surface area contributed by atoms with Crippen molar-refractivity contribution in [2.24, 2.45) is 5.73 Å². The Labute approximate surface area is 108 Å². The first-order valence-corrected chi connectivity index (χ1v) is 6.24. The van der Waals surface area contributed by atoms with Crippen molar-refractivity contribution in [3.05, 3.63) is 51.4 Å². The van der Waals surface area contributed by atoms with E-state index in [1.807, 2.05) is 6.07 Å². The standard InChI is InChI=1S/C12H11ClFNOS/c13-12-6-5-11(17-12)10(15)7-16-9-3-1-8(14)2-4-9/h1-6,10H,7,15H2. The Morgan fingerprint density at radius 2 is 1.94 bits per heavy atom. The zero-order valence-electron chi connectivity index (χ0n) is 8.90. The zero-order valence-corrected chi connectivity index (χ0v) is 10.5. The highest BCUT2D eigenvalue weighted by Gasteiger charge is 2.09. The molecule has 0 fully saturated rings. The molecule has 2 nitrogen and oxygen atoms in total. The molecule has 0 radical (unpaired) electrons. The van der Waals surface area contributed by atoms with E-state index in [-0.39, 0.29) is 11.9 Å². The second-order valence-electron chi connectivity index (χ2n) is 3.51. The second-order valence-corrected chi connectivity index (χ2v) is 5.26. The van der Waals surface area contributed by atoms with Gasteiger partial charge in [0.25, 0.3) is 0 Å². The quantitative estimate of drug-likeness (QED) is 0.922. The first-order chi connectivity index (χ1) is 8.15. The summed E-state index contributed by atoms with van der Waals surface area (Å²) in [5, 5.41) is 0. The van der Waals surface area contributed by atoms with Gasteiger partial charge in [-0.15, -0.1) is 11.3 Å². The topological polar surface area (TPSA) is 35.2 Å². The van der Waals surface area contributed by atoms with Crippen molar-refractivity contribution in [1.82, 2.24) is 0 Å². The molecule has 1 heterocycles. The van der Waals surface area contributed by atoms with Crippen molar-refractivity contribution in [2.45, 2.75) is 6.04 Å². The molecular weight excluding hydrogens is 261 g/mol. The van der Waals surface area contributed by atoms with Gasteiger partial charge in [-0.25, -0.2) is 4.39 Å². The van der Waals surface area contributed by atoms with Crippen LogP contribution in [-0.2, 0) is 0 Å². The van der Waals surface area contributed by atoms with E-state index >= 15 is 0 Å². The van der Waals surface area contributed by atoms with Crippen molar-refractivity contribution in [3.8, 4) is 5.75 Å². The first kappa shape index (κ1) is 12.4. The molecule has 0 aliphatic carbocycles. The maximum atomic E-state index is 12.7. The van der Waals surface area contributed by atoms with Crippen LogP contribution in [0.3, 0.4) is 0 Å². The molecule has 2 rings (SSSR count). The number of rotatable bonds is 4. The molecule has 0 aliphatic rings. The van der Waals surface area contributed by atoms with Crippen LogP contribution < -0.4 is 10.5 Å². The van der Waals surface area contributed by atoms with E-state index in [9.17, 15) is 4.39 Å². The number of ether oxygens (including phenoxy) is 1. The molecule has 1 unspecified atom stereocenters. The molecule has 2 N–H and O–H groups in total. The van der Waals surface area contributed by atoms with Gasteiger partial charge in [-0.3, -0.25) is 0 Å². The Morgan fingerprint density at radius 1 is 1.24 bits per heavy atom. The van der Waals surface area contributed by atoms with Crippen molar-refractivity contribution in [3.63, 3.8) is 0 Å². The van der Waals surface area contributed by atoms with Crippen LogP contribution in [0.25, 0.3) is 0 Å². The van der Waals surface area contributed by atoms with Crippen LogP contribution >= 0.6 is 22.9 Å². The summed E-state index contributed by atoms with van der Waals surface area (Å²) in [6.07, 6.45) is 0. The predicted molar refractivity (Wildman–Crippen MR) is 68.2 cm³/mol. The summed E-state index contributed by atoms with van der Waals surface area (Å²) >= 11 is 7.25. The average Bonchev–Trinajstić information content (AvgIpc) is 2.75. The molecule has 0 saturated heterocycles. The van der Waals surface area contributed by atoms with Gasteiger partial charge in [0.1, 0.15) is 18.2 Å². The minimum absolute atomic E-state index is 0.224. The van der Waals surface area contributed by atoms with Crippen LogP contribution in [0.5, 0.6) is 5.75 Å². The van der Waals surface area contributed by atoms with E-state index in [0.29, 0.717) is 16.7 Å². The smallest absolute Gasteiger partial charge is 0.123 e. The average molecular weight is 272 g/mol. The number of halogens is 2. The molecule has 0 saturated carbocycles. The third-order valence-corrected chi connectivity index (χ3v) is 3.57. The summed E-state index contributed by atoms with van der Waals surface area (Å²) in [5.74, 6) is 0.316. The van der Waals surface area contributed by atoms with Gasteiger partial charge in [0.05, 0.1) is 10.4 Å². The summed E-state index contributed by atoms with van der Waals surface area (Å²) < 4.78 is 18.8. The number of benzene rings is 1. The van der Waals surface area contributed by atoms with E-state index < -0.39 is 0 Å². The van der Waals surface area contributed by atoms with Gasteiger partial charge in [-0.05, 0) is 36.4 Å². The molecule has 90 valence electrons. The minimum atomic E-state index is -0.285. The van der Waals surface area contributed by atoms with Gasteiger partial charge in [-0.1, -0.05) is 11.6 Å². The Morgan fingerprint density at radius 3 is 2.53 bits per heavy atom. The predicted octanol–water partition coefficient (Wildman–Crippen LogP) is 3.62. The normalized spacial score (nSPS) is 12.4. The molecule has 17 heavy (non-hydrogen) atoms. The lowest BCUT2D eigenvalue weighted by atomic mass is 10.3. The van der Waals surface area contributed by atoms with Crippen LogP contribution in [-0.4, -0.2) is 6.61 Å². The fraction of sp³-hybridized carbons (Fsp3) is 0.167. The summed E-state index contributed by atoms with van der Waals surface area (Å²) in [5.41, 5.74) is 5.94. The number of hydrogen-bond donors (Lipinski definition) is 1. The SMILES string of the molecule is NC(COc1ccc(F)cc1)c1ccc(Cl)s1. The Kier molecular flexibility index (Phi) is 3.99. The van der Waals surface area contributed by atoms with Crippen LogP contribution in [0.4, 0.5) is 4.39 Å². The molecule has 2 aromatic rings. The van der Waals surface area contributed by atoms with E-state index in [2.05, 4.69) is 0 Å². The van der Waals surface area contributed by atoms with Crippen LogP contribution in [0.1, 0.15) is 10.9 Å². The lowest BCUT2D eigenvalue weighted by molar-refractivity contribution is 0.292. The highest BCUT2D eigenvalue weighted by Crippen LogP contribution is 2.26. The maximum absolute atomic E-state index is 12.7. The third kappa shape index (κ3) is 3.43. The van der Waals surface area contributed by atoms with E-state index in [1.165, 1.54) is 23.5 Å². The van der Waals surface area contributed by atoms with Gasteiger partial charge in [0.15, 0.2) is 0 Å². The maximum Gasteiger partial charge on any atom is 0.123 e. The molecule has 0 bridgehead atoms. The number of nitrogens with two attached hydrogens (primary N) is 1. The number of thiophene rings is 1. The second kappa shape index (κ2) is 5.49. The van der Waals surface area contributed by atoms with E-state index in [1.54, 1.807) is 18.2 Å². The van der Waals surface area contributed by atoms with Crippen LogP contribution in [0.15, 0.2) is 36.4 Å². The molecule has 0 aliphatic heterocycles. The Bertz CT molecular complexity index is 486. The Hall–Kier alpha value is -1.10. The van der Waals surface area contributed by atoms with Gasteiger partial charge in [0.2, 0.25) is 0 Å². The highest BCUT2D eigenvalue weighted by atomic mass is 35.5. The number of hydrogen-bond acceptors (Lipinski definition) is 3. The van der Waals surface area contributed by atoms with Gasteiger partial charge in [-0.2, -0.15) is 0 Å². The monoisotopic (exact) mass is 271 g/mol. The molecule has 0 spiro atoms. The van der Waals surface area contributed by atoms with E-state index in [4.69, 9.17) is 22.1 Å². The largest absolute Gasteiger partial charge is 0.492 e. The van der Waals surface area contributed by atoms with Crippen LogP contribution in [0.2, 0.25) is 4.34 Å². The molecular formula is C12H11ClFNOS. The third-order valence-electron chi connectivity index (χ3n) is 2.20. The lowest BCUT2D eigenvalue weighted by Gasteiger charge is -2.11. The van der Waals surface area contributed by atoms with Crippen molar-refractivity contribution in [1.29, 1.82) is 0 Å². The zero-order chi connectivity index (χ0) is 12.3. The summed E-state index contributed by atoms with van der Waals surface area (Å²) in [6, 6.07) is 9.31. The molecule has 1 aromatic carbocycles. The molecule has 5 heteroatoms. The van der Waals surface area contributed by atoms with Crippen molar-refractivity contribution < 1.29 is 9.13 Å². The summed E-state index contributed by atoms with van der Waals surface area (Å²) in [6.45, 7) is 0.336. The lowest BCUT2D eigenvalue weighted by Crippen LogP contribution is -2.17. The molecule has 1 aromatic heterocycles. The van der Waals surface area contributed by atoms with Crippen LogP contribution in [0, 0.1) is 5.82 Å². The molecule has 1 atom stereocenters.